The van der Waals surface area contributed by atoms with Crippen molar-refractivity contribution >= 4 is 39.6 Å². The molecule has 1 aliphatic carbocycles. The maximum Gasteiger partial charge on any atom is 0.102 e. The van der Waals surface area contributed by atoms with Crippen LogP contribution in [-0.4, -0.2) is 0 Å². The minimum atomic E-state index is 0.977. The summed E-state index contributed by atoms with van der Waals surface area (Å²) in [7, 11) is 0. The quantitative estimate of drug-likeness (QED) is 0.599. The molecule has 0 saturated carbocycles. The molecule has 1 aromatic rings. The summed E-state index contributed by atoms with van der Waals surface area (Å²) in [5.41, 5.74) is 2.78. The third kappa shape index (κ3) is 0.552. The predicted molar refractivity (Wildman–Crippen MR) is 47.5 cm³/mol. The molecule has 1 aliphatic heterocycles. The molecule has 2 aliphatic rings. The summed E-state index contributed by atoms with van der Waals surface area (Å²) >= 11 is 9.53. The Morgan fingerprint density at radius 2 is 2.40 bits per heavy atom. The van der Waals surface area contributed by atoms with E-state index in [4.69, 9.17) is 11.6 Å². The van der Waals surface area contributed by atoms with Gasteiger partial charge in [0.1, 0.15) is 4.34 Å². The molecule has 0 amide bonds. The maximum absolute atomic E-state index is 5.98. The minimum absolute atomic E-state index is 0.977. The van der Waals surface area contributed by atoms with E-state index in [2.05, 4.69) is 5.38 Å². The number of hydrogen-bond donors (Lipinski definition) is 0. The number of thiophene rings is 1. The van der Waals surface area contributed by atoms with Gasteiger partial charge in [0.05, 0.1) is 0 Å². The zero-order valence-corrected chi connectivity index (χ0v) is 7.37. The zero-order valence-electron chi connectivity index (χ0n) is 4.98. The van der Waals surface area contributed by atoms with Gasteiger partial charge < -0.3 is 0 Å². The van der Waals surface area contributed by atoms with Gasteiger partial charge in [-0.25, -0.2) is 0 Å². The Labute approximate surface area is 71.9 Å². The Hall–Kier alpha value is 0.0800. The largest absolute Gasteiger partial charge is 0.131 e. The summed E-state index contributed by atoms with van der Waals surface area (Å²) < 4.78 is 0.977. The second-order valence-corrected chi connectivity index (χ2v) is 5.03. The Morgan fingerprint density at radius 1 is 1.50 bits per heavy atom. The van der Waals surface area contributed by atoms with Gasteiger partial charge in [-0.15, -0.1) is 11.3 Å². The molecule has 3 heteroatoms. The van der Waals surface area contributed by atoms with Gasteiger partial charge in [-0.05, 0) is 10.9 Å². The Morgan fingerprint density at radius 3 is 3.20 bits per heavy atom. The highest BCUT2D eigenvalue weighted by atomic mass is 35.5. The summed E-state index contributed by atoms with van der Waals surface area (Å²) in [5.74, 6) is 0. The fourth-order valence-corrected chi connectivity index (χ4v) is 3.51. The fourth-order valence-electron chi connectivity index (χ4n) is 1.31. The molecule has 10 heavy (non-hydrogen) atoms. The van der Waals surface area contributed by atoms with Crippen LogP contribution in [0.3, 0.4) is 0 Å². The van der Waals surface area contributed by atoms with Crippen LogP contribution in [0.1, 0.15) is 11.1 Å². The summed E-state index contributed by atoms with van der Waals surface area (Å²) in [6.07, 6.45) is 1.15. The number of fused-ring (bicyclic) bond motifs is 2. The van der Waals surface area contributed by atoms with Crippen molar-refractivity contribution in [1.29, 1.82) is 0 Å². The van der Waals surface area contributed by atoms with Crippen LogP contribution in [0.15, 0.2) is 10.3 Å². The molecule has 0 fully saturated rings. The molecule has 0 unspecified atom stereocenters. The van der Waals surface area contributed by atoms with Gasteiger partial charge in [-0.3, -0.25) is 0 Å². The first-order valence-corrected chi connectivity index (χ1v) is 5.11. The summed E-state index contributed by atoms with van der Waals surface area (Å²) in [6.45, 7) is 0. The van der Waals surface area contributed by atoms with Crippen molar-refractivity contribution in [3.05, 3.63) is 25.7 Å². The molecular formula is C7H3ClS2. The van der Waals surface area contributed by atoms with Crippen LogP contribution in [-0.2, 0) is 6.42 Å². The molecule has 2 heterocycles. The first-order valence-electron chi connectivity index (χ1n) is 3.03. The van der Waals surface area contributed by atoms with Gasteiger partial charge in [0.15, 0.2) is 0 Å². The zero-order chi connectivity index (χ0) is 6.72. The average molecular weight is 187 g/mol. The average Bonchev–Trinajstić information content (AvgIpc) is 2.40. The van der Waals surface area contributed by atoms with Crippen LogP contribution in [0.5, 0.6) is 0 Å². The first kappa shape index (κ1) is 5.70. The van der Waals surface area contributed by atoms with E-state index in [-0.39, 0.29) is 0 Å². The van der Waals surface area contributed by atoms with Crippen LogP contribution in [0.25, 0.3) is 4.91 Å². The van der Waals surface area contributed by atoms with Crippen molar-refractivity contribution < 1.29 is 0 Å². The van der Waals surface area contributed by atoms with Crippen LogP contribution in [0, 0.1) is 0 Å². The van der Waals surface area contributed by atoms with E-state index in [1.54, 1.807) is 16.2 Å². The molecule has 0 N–H and O–H groups in total. The van der Waals surface area contributed by atoms with Crippen molar-refractivity contribution in [3.8, 4) is 0 Å². The van der Waals surface area contributed by atoms with E-state index in [0.29, 0.717) is 0 Å². The topological polar surface area (TPSA) is 0 Å². The lowest BCUT2D eigenvalue weighted by atomic mass is 10.2. The Bertz CT molecular complexity index is 348. The lowest BCUT2D eigenvalue weighted by Crippen LogP contribution is -1.77. The minimum Gasteiger partial charge on any atom is -0.131 e. The number of allylic oxidation sites excluding steroid dienone is 1. The number of rotatable bonds is 0. The molecule has 1 aromatic heterocycles. The van der Waals surface area contributed by atoms with Crippen molar-refractivity contribution in [2.75, 3.05) is 0 Å². The van der Waals surface area contributed by atoms with E-state index in [1.807, 2.05) is 11.8 Å². The van der Waals surface area contributed by atoms with Crippen molar-refractivity contribution in [2.24, 2.45) is 0 Å². The second kappa shape index (κ2) is 1.63. The van der Waals surface area contributed by atoms with Gasteiger partial charge in [0.25, 0.3) is 0 Å². The third-order valence-electron chi connectivity index (χ3n) is 1.84. The normalized spacial score (nSPS) is 19.3. The van der Waals surface area contributed by atoms with E-state index < -0.39 is 0 Å². The molecular weight excluding hydrogens is 184 g/mol. The summed E-state index contributed by atoms with van der Waals surface area (Å²) in [6, 6.07) is 0. The smallest absolute Gasteiger partial charge is 0.102 e. The molecule has 0 spiro atoms. The molecule has 3 rings (SSSR count). The lowest BCUT2D eigenvalue weighted by molar-refractivity contribution is 1.32. The Kier molecular flexibility index (Phi) is 0.927. The predicted octanol–water partition coefficient (Wildman–Crippen LogP) is 3.37. The third-order valence-corrected chi connectivity index (χ3v) is 4.15. The molecule has 0 bridgehead atoms. The number of hydrogen-bond acceptors (Lipinski definition) is 2. The van der Waals surface area contributed by atoms with Crippen molar-refractivity contribution in [1.82, 2.24) is 0 Å². The number of thioether (sulfide) groups is 1. The van der Waals surface area contributed by atoms with Gasteiger partial charge in [0, 0.05) is 21.8 Å². The van der Waals surface area contributed by atoms with Gasteiger partial charge in [-0.1, -0.05) is 23.4 Å². The SMILES string of the molecule is Clc1scc2c1C1=C(C2)S1. The molecule has 0 saturated heterocycles. The van der Waals surface area contributed by atoms with Crippen molar-refractivity contribution in [3.63, 3.8) is 0 Å². The number of halogens is 1. The van der Waals surface area contributed by atoms with E-state index >= 15 is 0 Å². The van der Waals surface area contributed by atoms with Gasteiger partial charge in [0.2, 0.25) is 0 Å². The van der Waals surface area contributed by atoms with E-state index in [1.165, 1.54) is 16.0 Å². The fraction of sp³-hybridized carbons (Fsp3) is 0.143. The highest BCUT2D eigenvalue weighted by Crippen LogP contribution is 2.62. The van der Waals surface area contributed by atoms with Crippen molar-refractivity contribution in [2.45, 2.75) is 6.42 Å². The van der Waals surface area contributed by atoms with Crippen LogP contribution in [0.2, 0.25) is 4.34 Å². The highest BCUT2D eigenvalue weighted by molar-refractivity contribution is 8.19. The molecule has 0 aromatic carbocycles. The van der Waals surface area contributed by atoms with Crippen LogP contribution < -0.4 is 0 Å². The van der Waals surface area contributed by atoms with E-state index in [0.717, 1.165) is 10.8 Å². The molecule has 0 radical (unpaired) electrons. The van der Waals surface area contributed by atoms with Crippen LogP contribution in [0.4, 0.5) is 0 Å². The summed E-state index contributed by atoms with van der Waals surface area (Å²) in [5, 5.41) is 2.17. The first-order chi connectivity index (χ1) is 4.86. The monoisotopic (exact) mass is 186 g/mol. The van der Waals surface area contributed by atoms with Gasteiger partial charge in [-0.2, -0.15) is 0 Å². The lowest BCUT2D eigenvalue weighted by Gasteiger charge is -1.93. The van der Waals surface area contributed by atoms with Gasteiger partial charge >= 0.3 is 0 Å². The maximum atomic E-state index is 5.98. The highest BCUT2D eigenvalue weighted by Gasteiger charge is 2.36. The molecule has 50 valence electrons. The van der Waals surface area contributed by atoms with E-state index in [9.17, 15) is 0 Å². The molecule has 0 nitrogen and oxygen atoms in total. The summed E-state index contributed by atoms with van der Waals surface area (Å²) in [4.78, 5) is 3.00. The Balaban J connectivity index is 2.35. The van der Waals surface area contributed by atoms with Crippen LogP contribution >= 0.6 is 34.7 Å². The second-order valence-electron chi connectivity index (χ2n) is 2.44. The molecule has 0 atom stereocenters. The standard InChI is InChI=1S/C7H3ClS2/c8-7-5-3(2-9-7)1-4-6(5)10-4/h2H,1H2.